The maximum atomic E-state index is 10.8. The molecule has 11 heavy (non-hydrogen) atoms. The summed E-state index contributed by atoms with van der Waals surface area (Å²) >= 11 is 0. The maximum absolute atomic E-state index is 10.8. The Balaban J connectivity index is 2.65. The van der Waals surface area contributed by atoms with Gasteiger partial charge in [-0.25, -0.2) is 0 Å². The Morgan fingerprint density at radius 1 is 1.64 bits per heavy atom. The fourth-order valence-electron chi connectivity index (χ4n) is 0.986. The summed E-state index contributed by atoms with van der Waals surface area (Å²) in [4.78, 5) is 21.0. The van der Waals surface area contributed by atoms with Gasteiger partial charge in [0.2, 0.25) is 5.79 Å². The van der Waals surface area contributed by atoms with Crippen LogP contribution < -0.4 is 0 Å². The molecule has 1 atom stereocenters. The summed E-state index contributed by atoms with van der Waals surface area (Å²) in [6.45, 7) is 3.20. The summed E-state index contributed by atoms with van der Waals surface area (Å²) in [6, 6.07) is 0. The molecule has 1 saturated heterocycles. The van der Waals surface area contributed by atoms with E-state index in [1.165, 1.54) is 0 Å². The molecule has 0 saturated carbocycles. The lowest BCUT2D eigenvalue weighted by Crippen LogP contribution is -2.42. The third kappa shape index (κ3) is 2.01. The Bertz CT molecular complexity index is 185. The molecule has 4 nitrogen and oxygen atoms in total. The van der Waals surface area contributed by atoms with Crippen LogP contribution in [-0.4, -0.2) is 24.1 Å². The molecule has 1 fully saturated rings. The van der Waals surface area contributed by atoms with Gasteiger partial charge in [0.15, 0.2) is 0 Å². The van der Waals surface area contributed by atoms with E-state index in [0.717, 1.165) is 0 Å². The molecule has 0 bridgehead atoms. The minimum atomic E-state index is -0.957. The second kappa shape index (κ2) is 2.62. The van der Waals surface area contributed by atoms with Crippen LogP contribution in [-0.2, 0) is 19.1 Å². The lowest BCUT2D eigenvalue weighted by Gasteiger charge is -2.32. The van der Waals surface area contributed by atoms with Gasteiger partial charge in [0.1, 0.15) is 12.4 Å². The van der Waals surface area contributed by atoms with Crippen molar-refractivity contribution in [3.05, 3.63) is 0 Å². The molecule has 0 aromatic heterocycles. The molecule has 1 rings (SSSR count). The van der Waals surface area contributed by atoms with Gasteiger partial charge in [-0.1, -0.05) is 0 Å². The first-order valence-electron chi connectivity index (χ1n) is 3.38. The van der Waals surface area contributed by atoms with Crippen LogP contribution in [0.2, 0.25) is 0 Å². The van der Waals surface area contributed by atoms with Crippen molar-refractivity contribution in [2.75, 3.05) is 0 Å². The lowest BCUT2D eigenvalue weighted by molar-refractivity contribution is -0.251. The summed E-state index contributed by atoms with van der Waals surface area (Å²) in [5.41, 5.74) is 0. The minimum Gasteiger partial charge on any atom is -0.434 e. The molecule has 0 aromatic rings. The number of esters is 1. The Hall–Kier alpha value is -0.900. The molecule has 4 heteroatoms. The van der Waals surface area contributed by atoms with Crippen LogP contribution in [0, 0.1) is 0 Å². The van der Waals surface area contributed by atoms with Gasteiger partial charge < -0.3 is 14.3 Å². The largest absolute Gasteiger partial charge is 0.434 e. The molecular weight excluding hydrogens is 148 g/mol. The molecule has 0 radical (unpaired) electrons. The molecule has 1 aliphatic rings. The van der Waals surface area contributed by atoms with Crippen LogP contribution in [0.25, 0.3) is 0 Å². The highest BCUT2D eigenvalue weighted by molar-refractivity contribution is 5.76. The van der Waals surface area contributed by atoms with Crippen molar-refractivity contribution in [1.29, 1.82) is 0 Å². The number of aldehydes is 1. The molecule has 1 unspecified atom stereocenters. The van der Waals surface area contributed by atoms with Crippen LogP contribution in [0.5, 0.6) is 0 Å². The highest BCUT2D eigenvalue weighted by atomic mass is 16.7. The van der Waals surface area contributed by atoms with Crippen molar-refractivity contribution in [3.63, 3.8) is 0 Å². The molecule has 1 aliphatic heterocycles. The quantitative estimate of drug-likeness (QED) is 0.405. The van der Waals surface area contributed by atoms with Crippen LogP contribution in [0.15, 0.2) is 0 Å². The van der Waals surface area contributed by atoms with Gasteiger partial charge in [-0.2, -0.15) is 0 Å². The molecular formula is C7H10O4. The van der Waals surface area contributed by atoms with Gasteiger partial charge in [0, 0.05) is 13.8 Å². The third-order valence-corrected chi connectivity index (χ3v) is 1.31. The normalized spacial score (nSPS) is 29.3. The van der Waals surface area contributed by atoms with Gasteiger partial charge in [-0.15, -0.1) is 0 Å². The highest BCUT2D eigenvalue weighted by Gasteiger charge is 2.34. The standard InChI is InChI=1S/C7H10O4/c1-7(2)10-5(4-8)3-6(9)11-7/h4-5H,3H2,1-2H3. The fourth-order valence-corrected chi connectivity index (χ4v) is 0.986. The minimum absolute atomic E-state index is 0.0208. The summed E-state index contributed by atoms with van der Waals surface area (Å²) in [7, 11) is 0. The number of hydrogen-bond acceptors (Lipinski definition) is 4. The number of ether oxygens (including phenoxy) is 2. The zero-order valence-corrected chi connectivity index (χ0v) is 6.49. The highest BCUT2D eigenvalue weighted by Crippen LogP contribution is 2.21. The first-order valence-corrected chi connectivity index (χ1v) is 3.38. The Kier molecular flexibility index (Phi) is 1.95. The van der Waals surface area contributed by atoms with Crippen LogP contribution in [0.4, 0.5) is 0 Å². The van der Waals surface area contributed by atoms with Crippen LogP contribution in [0.1, 0.15) is 20.3 Å². The zero-order valence-electron chi connectivity index (χ0n) is 6.49. The second-order valence-electron chi connectivity index (χ2n) is 2.87. The summed E-state index contributed by atoms with van der Waals surface area (Å²) < 4.78 is 9.87. The molecule has 0 aliphatic carbocycles. The van der Waals surface area contributed by atoms with E-state index >= 15 is 0 Å². The van der Waals surface area contributed by atoms with Gasteiger partial charge in [0.05, 0.1) is 6.42 Å². The molecule has 62 valence electrons. The van der Waals surface area contributed by atoms with Crippen LogP contribution in [0.3, 0.4) is 0 Å². The number of rotatable bonds is 1. The smallest absolute Gasteiger partial charge is 0.311 e. The van der Waals surface area contributed by atoms with Crippen LogP contribution >= 0.6 is 0 Å². The average Bonchev–Trinajstić information content (AvgIpc) is 1.83. The lowest BCUT2D eigenvalue weighted by atomic mass is 10.2. The molecule has 0 amide bonds. The summed E-state index contributed by atoms with van der Waals surface area (Å²) in [6.07, 6.45) is -0.0130. The summed E-state index contributed by atoms with van der Waals surface area (Å²) in [5.74, 6) is -1.35. The maximum Gasteiger partial charge on any atom is 0.311 e. The van der Waals surface area contributed by atoms with E-state index in [1.807, 2.05) is 0 Å². The van der Waals surface area contributed by atoms with Gasteiger partial charge >= 0.3 is 5.97 Å². The van der Waals surface area contributed by atoms with E-state index in [0.29, 0.717) is 6.29 Å². The summed E-state index contributed by atoms with van der Waals surface area (Å²) in [5, 5.41) is 0. The van der Waals surface area contributed by atoms with E-state index in [4.69, 9.17) is 9.47 Å². The van der Waals surface area contributed by atoms with E-state index in [2.05, 4.69) is 0 Å². The number of hydrogen-bond donors (Lipinski definition) is 0. The first kappa shape index (κ1) is 8.20. The van der Waals surface area contributed by atoms with Gasteiger partial charge in [-0.05, 0) is 0 Å². The number of carbonyl (C=O) groups excluding carboxylic acids is 2. The molecule has 0 aromatic carbocycles. The van der Waals surface area contributed by atoms with Crippen molar-refractivity contribution in [1.82, 2.24) is 0 Å². The SMILES string of the molecule is CC1(C)OC(=O)CC(C=O)O1. The number of cyclic esters (lactones) is 1. The Morgan fingerprint density at radius 2 is 2.27 bits per heavy atom. The number of carbonyl (C=O) groups is 2. The Labute approximate surface area is 64.5 Å². The van der Waals surface area contributed by atoms with Gasteiger partial charge in [0.25, 0.3) is 0 Å². The average molecular weight is 158 g/mol. The monoisotopic (exact) mass is 158 g/mol. The van der Waals surface area contributed by atoms with E-state index in [1.54, 1.807) is 13.8 Å². The van der Waals surface area contributed by atoms with Crippen molar-refractivity contribution in [3.8, 4) is 0 Å². The molecule has 1 heterocycles. The van der Waals surface area contributed by atoms with Crippen molar-refractivity contribution >= 4 is 12.3 Å². The molecule has 0 spiro atoms. The third-order valence-electron chi connectivity index (χ3n) is 1.31. The van der Waals surface area contributed by atoms with E-state index in [-0.39, 0.29) is 6.42 Å². The van der Waals surface area contributed by atoms with Crippen molar-refractivity contribution in [2.45, 2.75) is 32.2 Å². The zero-order chi connectivity index (χ0) is 8.48. The fraction of sp³-hybridized carbons (Fsp3) is 0.714. The van der Waals surface area contributed by atoms with E-state index in [9.17, 15) is 9.59 Å². The predicted molar refractivity (Wildman–Crippen MR) is 35.7 cm³/mol. The van der Waals surface area contributed by atoms with Crippen molar-refractivity contribution in [2.24, 2.45) is 0 Å². The second-order valence-corrected chi connectivity index (χ2v) is 2.87. The van der Waals surface area contributed by atoms with Crippen molar-refractivity contribution < 1.29 is 19.1 Å². The Morgan fingerprint density at radius 3 is 2.73 bits per heavy atom. The predicted octanol–water partition coefficient (Wildman–Crippen LogP) is 0.253. The topological polar surface area (TPSA) is 52.6 Å². The molecule has 0 N–H and O–H groups in total. The van der Waals surface area contributed by atoms with Gasteiger partial charge in [-0.3, -0.25) is 4.79 Å². The first-order chi connectivity index (χ1) is 5.03. The van der Waals surface area contributed by atoms with E-state index < -0.39 is 17.9 Å².